The van der Waals surface area contributed by atoms with Crippen molar-refractivity contribution in [3.8, 4) is 0 Å². The van der Waals surface area contributed by atoms with Gasteiger partial charge < -0.3 is 9.47 Å². The van der Waals surface area contributed by atoms with Gasteiger partial charge in [0.05, 0.1) is 12.0 Å². The maximum Gasteiger partial charge on any atom is 0.312 e. The van der Waals surface area contributed by atoms with Crippen molar-refractivity contribution in [2.24, 2.45) is 17.3 Å². The van der Waals surface area contributed by atoms with Crippen molar-refractivity contribution in [2.75, 3.05) is 0 Å². The van der Waals surface area contributed by atoms with E-state index in [-0.39, 0.29) is 35.1 Å². The number of cyclic esters (lactones) is 1. The molecule has 20 heavy (non-hydrogen) atoms. The Morgan fingerprint density at radius 2 is 2.15 bits per heavy atom. The molecule has 0 aromatic rings. The van der Waals surface area contributed by atoms with Gasteiger partial charge in [0.2, 0.25) is 6.29 Å². The van der Waals surface area contributed by atoms with Gasteiger partial charge in [0.25, 0.3) is 0 Å². The van der Waals surface area contributed by atoms with Gasteiger partial charge in [0.1, 0.15) is 0 Å². The molecular weight excluding hydrogens is 256 g/mol. The third-order valence-corrected chi connectivity index (χ3v) is 5.00. The molecule has 0 aromatic heterocycles. The van der Waals surface area contributed by atoms with Crippen LogP contribution in [-0.4, -0.2) is 24.1 Å². The SMILES string of the molecule is C=CCC1=C(C)[C@@H](O[C@@H]2OC(=O)C3C2C3(C)C)CC1=O. The minimum atomic E-state index is -0.502. The molecule has 0 radical (unpaired) electrons. The summed E-state index contributed by atoms with van der Waals surface area (Å²) in [5.41, 5.74) is 1.71. The summed E-state index contributed by atoms with van der Waals surface area (Å²) in [4.78, 5) is 23.7. The highest BCUT2D eigenvalue weighted by Gasteiger charge is 2.72. The van der Waals surface area contributed by atoms with Crippen LogP contribution < -0.4 is 0 Å². The second-order valence-electron chi connectivity index (χ2n) is 6.54. The number of fused-ring (bicyclic) bond motifs is 1. The second-order valence-corrected chi connectivity index (χ2v) is 6.54. The number of allylic oxidation sites excluding steroid dienone is 2. The fourth-order valence-electron chi connectivity index (χ4n) is 3.60. The van der Waals surface area contributed by atoms with E-state index < -0.39 is 6.29 Å². The largest absolute Gasteiger partial charge is 0.435 e. The molecule has 1 heterocycles. The molecule has 0 amide bonds. The Kier molecular flexibility index (Phi) is 2.91. The molecule has 1 saturated carbocycles. The van der Waals surface area contributed by atoms with Crippen LogP contribution in [0.4, 0.5) is 0 Å². The summed E-state index contributed by atoms with van der Waals surface area (Å²) < 4.78 is 11.2. The number of ketones is 1. The highest BCUT2D eigenvalue weighted by molar-refractivity contribution is 5.99. The van der Waals surface area contributed by atoms with Crippen LogP contribution >= 0.6 is 0 Å². The van der Waals surface area contributed by atoms with Gasteiger partial charge in [0, 0.05) is 17.9 Å². The molecule has 1 aliphatic heterocycles. The van der Waals surface area contributed by atoms with E-state index in [9.17, 15) is 9.59 Å². The summed E-state index contributed by atoms with van der Waals surface area (Å²) in [7, 11) is 0. The number of esters is 1. The highest BCUT2D eigenvalue weighted by Crippen LogP contribution is 2.65. The quantitative estimate of drug-likeness (QED) is 0.584. The Balaban J connectivity index is 1.73. The van der Waals surface area contributed by atoms with Gasteiger partial charge >= 0.3 is 5.97 Å². The number of carbonyl (C=O) groups is 2. The monoisotopic (exact) mass is 276 g/mol. The summed E-state index contributed by atoms with van der Waals surface area (Å²) in [6, 6.07) is 0. The fraction of sp³-hybridized carbons (Fsp3) is 0.625. The lowest BCUT2D eigenvalue weighted by Gasteiger charge is -2.22. The van der Waals surface area contributed by atoms with Crippen molar-refractivity contribution < 1.29 is 19.1 Å². The van der Waals surface area contributed by atoms with Crippen LogP contribution in [0.3, 0.4) is 0 Å². The minimum absolute atomic E-state index is 0.0375. The molecule has 0 bridgehead atoms. The molecule has 2 aliphatic carbocycles. The lowest BCUT2D eigenvalue weighted by atomic mass is 10.1. The first-order valence-corrected chi connectivity index (χ1v) is 7.07. The average Bonchev–Trinajstić information content (AvgIpc) is 2.61. The van der Waals surface area contributed by atoms with E-state index in [1.54, 1.807) is 6.08 Å². The van der Waals surface area contributed by atoms with Crippen LogP contribution in [0.5, 0.6) is 0 Å². The van der Waals surface area contributed by atoms with Gasteiger partial charge in [-0.1, -0.05) is 19.9 Å². The van der Waals surface area contributed by atoms with Crippen molar-refractivity contribution in [3.63, 3.8) is 0 Å². The molecular formula is C16H20O4. The Labute approximate surface area is 118 Å². The summed E-state index contributed by atoms with van der Waals surface area (Å²) >= 11 is 0. The van der Waals surface area contributed by atoms with Crippen LogP contribution in [0, 0.1) is 17.3 Å². The minimum Gasteiger partial charge on any atom is -0.435 e. The first-order valence-electron chi connectivity index (χ1n) is 7.07. The van der Waals surface area contributed by atoms with Gasteiger partial charge in [-0.2, -0.15) is 0 Å². The van der Waals surface area contributed by atoms with Crippen molar-refractivity contribution in [2.45, 2.75) is 46.0 Å². The number of carbonyl (C=O) groups excluding carboxylic acids is 2. The first-order chi connectivity index (χ1) is 9.37. The fourth-order valence-corrected chi connectivity index (χ4v) is 3.60. The van der Waals surface area contributed by atoms with E-state index in [1.807, 2.05) is 6.92 Å². The predicted molar refractivity (Wildman–Crippen MR) is 72.7 cm³/mol. The summed E-state index contributed by atoms with van der Waals surface area (Å²) in [6.07, 6.45) is 1.89. The van der Waals surface area contributed by atoms with Crippen LogP contribution in [0.25, 0.3) is 0 Å². The average molecular weight is 276 g/mol. The molecule has 4 atom stereocenters. The van der Waals surface area contributed by atoms with E-state index in [2.05, 4.69) is 20.4 Å². The standard InChI is InChI=1S/C16H20O4/c1-5-6-9-8(2)11(7-10(9)17)19-15-13-12(14(18)20-15)16(13,3)4/h5,11-13,15H,1,6-7H2,2-4H3/t11-,12?,13?,15+/m0/s1. The van der Waals surface area contributed by atoms with Crippen molar-refractivity contribution in [1.82, 2.24) is 0 Å². The van der Waals surface area contributed by atoms with Gasteiger partial charge in [-0.25, -0.2) is 0 Å². The van der Waals surface area contributed by atoms with Crippen molar-refractivity contribution in [1.29, 1.82) is 0 Å². The lowest BCUT2D eigenvalue weighted by molar-refractivity contribution is -0.182. The molecule has 1 saturated heterocycles. The number of rotatable bonds is 4. The Hall–Kier alpha value is -1.42. The van der Waals surface area contributed by atoms with Gasteiger partial charge in [-0.05, 0) is 24.3 Å². The maximum atomic E-state index is 11.9. The molecule has 0 spiro atoms. The Morgan fingerprint density at radius 1 is 1.45 bits per heavy atom. The smallest absolute Gasteiger partial charge is 0.312 e. The summed E-state index contributed by atoms with van der Waals surface area (Å²) in [5.74, 6) is 0.0356. The second kappa shape index (κ2) is 4.29. The molecule has 2 fully saturated rings. The Morgan fingerprint density at radius 3 is 2.70 bits per heavy atom. The topological polar surface area (TPSA) is 52.6 Å². The Bertz CT molecular complexity index is 529. The zero-order valence-electron chi connectivity index (χ0n) is 12.1. The van der Waals surface area contributed by atoms with E-state index in [1.165, 1.54) is 0 Å². The van der Waals surface area contributed by atoms with Crippen LogP contribution in [0.1, 0.15) is 33.6 Å². The van der Waals surface area contributed by atoms with Gasteiger partial charge in [-0.3, -0.25) is 9.59 Å². The molecule has 3 aliphatic rings. The molecule has 4 heteroatoms. The van der Waals surface area contributed by atoms with Crippen LogP contribution in [-0.2, 0) is 19.1 Å². The summed E-state index contributed by atoms with van der Waals surface area (Å²) in [5, 5.41) is 0. The number of ether oxygens (including phenoxy) is 2. The molecule has 0 aromatic carbocycles. The molecule has 2 unspecified atom stereocenters. The highest BCUT2D eigenvalue weighted by atomic mass is 16.7. The van der Waals surface area contributed by atoms with E-state index >= 15 is 0 Å². The third kappa shape index (κ3) is 1.78. The third-order valence-electron chi connectivity index (χ3n) is 5.00. The van der Waals surface area contributed by atoms with E-state index in [0.717, 1.165) is 11.1 Å². The van der Waals surface area contributed by atoms with Crippen molar-refractivity contribution in [3.05, 3.63) is 23.8 Å². The molecule has 0 N–H and O–H groups in total. The lowest BCUT2D eigenvalue weighted by Crippen LogP contribution is -2.28. The van der Waals surface area contributed by atoms with Gasteiger partial charge in [0.15, 0.2) is 5.78 Å². The van der Waals surface area contributed by atoms with Crippen LogP contribution in [0.15, 0.2) is 23.8 Å². The zero-order chi connectivity index (χ0) is 14.7. The number of hydrogen-bond donors (Lipinski definition) is 0. The van der Waals surface area contributed by atoms with Crippen LogP contribution in [0.2, 0.25) is 0 Å². The predicted octanol–water partition coefficient (Wildman–Crippen LogP) is 2.39. The van der Waals surface area contributed by atoms with E-state index in [0.29, 0.717) is 12.8 Å². The normalized spacial score (nSPS) is 38.0. The molecule has 4 nitrogen and oxygen atoms in total. The number of hydrogen-bond acceptors (Lipinski definition) is 4. The van der Waals surface area contributed by atoms with E-state index in [4.69, 9.17) is 9.47 Å². The van der Waals surface area contributed by atoms with Crippen molar-refractivity contribution >= 4 is 11.8 Å². The van der Waals surface area contributed by atoms with Gasteiger partial charge in [-0.15, -0.1) is 6.58 Å². The molecule has 3 rings (SSSR count). The zero-order valence-corrected chi connectivity index (χ0v) is 12.1. The maximum absolute atomic E-state index is 11.9. The summed E-state index contributed by atoms with van der Waals surface area (Å²) in [6.45, 7) is 9.71. The first kappa shape index (κ1) is 13.6. The number of Topliss-reactive ketones (excluding diaryl/α,β-unsaturated/α-hetero) is 1. The molecule has 108 valence electrons.